The summed E-state index contributed by atoms with van der Waals surface area (Å²) in [6.07, 6.45) is 2.20. The molecule has 3 nitrogen and oxygen atoms in total. The minimum atomic E-state index is -0.250. The molecule has 0 aliphatic heterocycles. The van der Waals surface area contributed by atoms with Crippen LogP contribution in [-0.4, -0.2) is 19.1 Å². The van der Waals surface area contributed by atoms with Crippen LogP contribution in [0.1, 0.15) is 26.2 Å². The van der Waals surface area contributed by atoms with E-state index in [1.54, 1.807) is 0 Å². The molecule has 0 atom stereocenters. The van der Waals surface area contributed by atoms with Crippen molar-refractivity contribution in [2.45, 2.75) is 26.2 Å². The number of ether oxygens (including phenoxy) is 1. The van der Waals surface area contributed by atoms with Gasteiger partial charge in [0.05, 0.1) is 0 Å². The lowest BCUT2D eigenvalue weighted by Gasteiger charge is -1.98. The Labute approximate surface area is 61.5 Å². The smallest absolute Gasteiger partial charge is 0.217 e. The van der Waals surface area contributed by atoms with Crippen LogP contribution in [0.3, 0.4) is 0 Å². The van der Waals surface area contributed by atoms with Crippen molar-refractivity contribution in [2.24, 2.45) is 5.73 Å². The number of carbonyl (C=O) groups is 1. The van der Waals surface area contributed by atoms with Gasteiger partial charge in [-0.2, -0.15) is 0 Å². The maximum atomic E-state index is 10.2. The van der Waals surface area contributed by atoms with E-state index in [1.807, 2.05) is 6.92 Å². The normalized spacial score (nSPS) is 9.70. The van der Waals surface area contributed by atoms with Gasteiger partial charge in [-0.25, -0.2) is 0 Å². The Bertz CT molecular complexity index is 93.6. The van der Waals surface area contributed by atoms with Gasteiger partial charge >= 0.3 is 0 Å². The number of amides is 1. The van der Waals surface area contributed by atoms with Crippen molar-refractivity contribution in [3.05, 3.63) is 0 Å². The lowest BCUT2D eigenvalue weighted by molar-refractivity contribution is -0.118. The van der Waals surface area contributed by atoms with Crippen LogP contribution in [-0.2, 0) is 9.53 Å². The molecule has 3 heteroatoms. The van der Waals surface area contributed by atoms with E-state index in [0.717, 1.165) is 19.4 Å². The van der Waals surface area contributed by atoms with Gasteiger partial charge in [0.15, 0.2) is 0 Å². The molecule has 10 heavy (non-hydrogen) atoms. The highest BCUT2D eigenvalue weighted by Crippen LogP contribution is 1.89. The summed E-state index contributed by atoms with van der Waals surface area (Å²) in [5.74, 6) is -0.250. The number of nitrogens with two attached hydrogens (primary N) is 1. The van der Waals surface area contributed by atoms with Crippen LogP contribution in [0.4, 0.5) is 0 Å². The third kappa shape index (κ3) is 7.43. The zero-order chi connectivity index (χ0) is 7.82. The molecule has 0 bridgehead atoms. The van der Waals surface area contributed by atoms with Gasteiger partial charge < -0.3 is 10.5 Å². The molecule has 2 N–H and O–H groups in total. The van der Waals surface area contributed by atoms with Crippen molar-refractivity contribution in [3.63, 3.8) is 0 Å². The van der Waals surface area contributed by atoms with E-state index < -0.39 is 0 Å². The molecule has 0 aliphatic rings. The number of hydrogen-bond acceptors (Lipinski definition) is 2. The van der Waals surface area contributed by atoms with Crippen LogP contribution in [0.25, 0.3) is 0 Å². The second-order valence-electron chi connectivity index (χ2n) is 2.18. The van der Waals surface area contributed by atoms with Crippen LogP contribution >= 0.6 is 0 Å². The first kappa shape index (κ1) is 9.43. The van der Waals surface area contributed by atoms with Crippen LogP contribution < -0.4 is 5.73 Å². The van der Waals surface area contributed by atoms with Crippen LogP contribution in [0.5, 0.6) is 0 Å². The van der Waals surface area contributed by atoms with E-state index in [-0.39, 0.29) is 5.91 Å². The zero-order valence-electron chi connectivity index (χ0n) is 6.43. The highest BCUT2D eigenvalue weighted by Gasteiger charge is 1.92. The lowest BCUT2D eigenvalue weighted by atomic mass is 10.3. The van der Waals surface area contributed by atoms with Crippen LogP contribution in [0.15, 0.2) is 0 Å². The fourth-order valence-corrected chi connectivity index (χ4v) is 0.595. The summed E-state index contributed by atoms with van der Waals surface area (Å²) >= 11 is 0. The van der Waals surface area contributed by atoms with Crippen LogP contribution in [0.2, 0.25) is 0 Å². The molecule has 1 amide bonds. The molecule has 0 aromatic carbocycles. The Hall–Kier alpha value is -0.570. The van der Waals surface area contributed by atoms with E-state index in [2.05, 4.69) is 0 Å². The maximum absolute atomic E-state index is 10.2. The summed E-state index contributed by atoms with van der Waals surface area (Å²) in [5.41, 5.74) is 4.91. The topological polar surface area (TPSA) is 52.3 Å². The van der Waals surface area contributed by atoms with E-state index >= 15 is 0 Å². The molecule has 0 heterocycles. The van der Waals surface area contributed by atoms with Gasteiger partial charge in [0.2, 0.25) is 5.91 Å². The van der Waals surface area contributed by atoms with E-state index in [4.69, 9.17) is 10.5 Å². The van der Waals surface area contributed by atoms with Crippen molar-refractivity contribution >= 4 is 5.91 Å². The van der Waals surface area contributed by atoms with Crippen LogP contribution in [0, 0.1) is 0 Å². The average Bonchev–Trinajstić information content (AvgIpc) is 1.87. The van der Waals surface area contributed by atoms with Crippen molar-refractivity contribution in [3.8, 4) is 0 Å². The summed E-state index contributed by atoms with van der Waals surface area (Å²) in [6.45, 7) is 3.48. The molecule has 60 valence electrons. The lowest BCUT2D eigenvalue weighted by Crippen LogP contribution is -2.11. The largest absolute Gasteiger partial charge is 0.381 e. The van der Waals surface area contributed by atoms with Crippen molar-refractivity contribution < 1.29 is 9.53 Å². The molecule has 0 radical (unpaired) electrons. The highest BCUT2D eigenvalue weighted by molar-refractivity contribution is 5.73. The molecule has 0 saturated carbocycles. The van der Waals surface area contributed by atoms with E-state index in [1.165, 1.54) is 0 Å². The van der Waals surface area contributed by atoms with Crippen molar-refractivity contribution in [2.75, 3.05) is 13.2 Å². The third-order valence-corrected chi connectivity index (χ3v) is 1.06. The Morgan fingerprint density at radius 3 is 2.70 bits per heavy atom. The molecule has 0 aromatic heterocycles. The molecule has 0 aliphatic carbocycles. The number of rotatable bonds is 6. The fourth-order valence-electron chi connectivity index (χ4n) is 0.595. The molecule has 0 fully saturated rings. The van der Waals surface area contributed by atoms with Gasteiger partial charge in [-0.15, -0.1) is 0 Å². The highest BCUT2D eigenvalue weighted by atomic mass is 16.5. The first-order valence-electron chi connectivity index (χ1n) is 3.63. The Kier molecular flexibility index (Phi) is 6.18. The minimum absolute atomic E-state index is 0.250. The van der Waals surface area contributed by atoms with Crippen molar-refractivity contribution in [1.29, 1.82) is 0 Å². The number of hydrogen-bond donors (Lipinski definition) is 1. The molecule has 0 unspecified atom stereocenters. The molecular weight excluding hydrogens is 130 g/mol. The van der Waals surface area contributed by atoms with Gasteiger partial charge in [0, 0.05) is 19.6 Å². The summed E-state index contributed by atoms with van der Waals surface area (Å²) in [7, 11) is 0. The second kappa shape index (κ2) is 6.55. The van der Waals surface area contributed by atoms with E-state index in [9.17, 15) is 4.79 Å². The Morgan fingerprint density at radius 2 is 2.20 bits per heavy atom. The predicted molar refractivity (Wildman–Crippen MR) is 39.5 cm³/mol. The molecule has 0 rings (SSSR count). The quantitative estimate of drug-likeness (QED) is 0.559. The van der Waals surface area contributed by atoms with Gasteiger partial charge in [-0.3, -0.25) is 4.79 Å². The van der Waals surface area contributed by atoms with Gasteiger partial charge in [-0.1, -0.05) is 6.92 Å². The summed E-state index contributed by atoms with van der Waals surface area (Å²) < 4.78 is 5.13. The average molecular weight is 145 g/mol. The first-order chi connectivity index (χ1) is 4.77. The number of primary amides is 1. The Balaban J connectivity index is 2.84. The number of carbonyl (C=O) groups excluding carboxylic acids is 1. The minimum Gasteiger partial charge on any atom is -0.381 e. The molecule has 0 aromatic rings. The standard InChI is InChI=1S/C7H15NO2/c1-2-5-10-6-3-4-7(8)9/h2-6H2,1H3,(H2,8,9). The summed E-state index contributed by atoms with van der Waals surface area (Å²) in [6, 6.07) is 0. The van der Waals surface area contributed by atoms with Gasteiger partial charge in [-0.05, 0) is 12.8 Å². The molecule has 0 saturated heterocycles. The SMILES string of the molecule is CCCOCCCC(N)=O. The first-order valence-corrected chi connectivity index (χ1v) is 3.63. The second-order valence-corrected chi connectivity index (χ2v) is 2.18. The van der Waals surface area contributed by atoms with Gasteiger partial charge in [0.25, 0.3) is 0 Å². The zero-order valence-corrected chi connectivity index (χ0v) is 6.43. The predicted octanol–water partition coefficient (Wildman–Crippen LogP) is 0.678. The maximum Gasteiger partial charge on any atom is 0.217 e. The monoisotopic (exact) mass is 145 g/mol. The Morgan fingerprint density at radius 1 is 1.50 bits per heavy atom. The van der Waals surface area contributed by atoms with E-state index in [0.29, 0.717) is 13.0 Å². The van der Waals surface area contributed by atoms with Gasteiger partial charge in [0.1, 0.15) is 0 Å². The van der Waals surface area contributed by atoms with Crippen molar-refractivity contribution in [1.82, 2.24) is 0 Å². The molecule has 0 spiro atoms. The fraction of sp³-hybridized carbons (Fsp3) is 0.857. The molecular formula is C7H15NO2. The summed E-state index contributed by atoms with van der Waals surface area (Å²) in [5, 5.41) is 0. The summed E-state index contributed by atoms with van der Waals surface area (Å²) in [4.78, 5) is 10.2. The third-order valence-electron chi connectivity index (χ3n) is 1.06.